The van der Waals surface area contributed by atoms with Crippen LogP contribution in [0.15, 0.2) is 33.7 Å². The second-order valence-electron chi connectivity index (χ2n) is 4.96. The fraction of sp³-hybridized carbons (Fsp3) is 0.375. The highest BCUT2D eigenvalue weighted by Crippen LogP contribution is 2.08. The van der Waals surface area contributed by atoms with Gasteiger partial charge in [-0.15, -0.1) is 0 Å². The molecule has 2 N–H and O–H groups in total. The standard InChI is InChI=1S/C16H22N4O/c1-11-7-5-6-8-14(11)9-18-16(17-4)19-10-15-20-12(2)13(3)21-15/h5-8H,9-10H2,1-4H3,(H2,17,18,19). The molecule has 5 heteroatoms. The van der Waals surface area contributed by atoms with E-state index < -0.39 is 0 Å². The minimum absolute atomic E-state index is 0.516. The lowest BCUT2D eigenvalue weighted by Crippen LogP contribution is -2.36. The molecule has 0 atom stereocenters. The Kier molecular flexibility index (Phi) is 4.98. The minimum Gasteiger partial charge on any atom is -0.444 e. The molecule has 0 aliphatic carbocycles. The van der Waals surface area contributed by atoms with E-state index in [-0.39, 0.29) is 0 Å². The largest absolute Gasteiger partial charge is 0.444 e. The summed E-state index contributed by atoms with van der Waals surface area (Å²) < 4.78 is 5.53. The second-order valence-corrected chi connectivity index (χ2v) is 4.96. The Hall–Kier alpha value is -2.30. The van der Waals surface area contributed by atoms with E-state index in [0.717, 1.165) is 24.0 Å². The molecule has 0 aliphatic heterocycles. The molecule has 2 rings (SSSR count). The van der Waals surface area contributed by atoms with E-state index in [2.05, 4.69) is 39.7 Å². The van der Waals surface area contributed by atoms with Gasteiger partial charge in [-0.3, -0.25) is 4.99 Å². The van der Waals surface area contributed by atoms with E-state index in [1.54, 1.807) is 7.05 Å². The van der Waals surface area contributed by atoms with Crippen LogP contribution in [0.5, 0.6) is 0 Å². The summed E-state index contributed by atoms with van der Waals surface area (Å²) in [6.07, 6.45) is 0. The van der Waals surface area contributed by atoms with Gasteiger partial charge in [-0.1, -0.05) is 24.3 Å². The molecular formula is C16H22N4O. The number of aryl methyl sites for hydroxylation is 3. The molecule has 0 saturated carbocycles. The predicted molar refractivity (Wildman–Crippen MR) is 84.2 cm³/mol. The highest BCUT2D eigenvalue weighted by Gasteiger charge is 2.06. The third-order valence-electron chi connectivity index (χ3n) is 3.41. The molecule has 0 radical (unpaired) electrons. The summed E-state index contributed by atoms with van der Waals surface area (Å²) in [6.45, 7) is 7.20. The zero-order valence-corrected chi connectivity index (χ0v) is 13.0. The van der Waals surface area contributed by atoms with Crippen molar-refractivity contribution in [2.75, 3.05) is 7.05 Å². The van der Waals surface area contributed by atoms with Crippen molar-refractivity contribution in [3.8, 4) is 0 Å². The van der Waals surface area contributed by atoms with Crippen molar-refractivity contribution >= 4 is 5.96 Å². The number of aliphatic imine (C=N–C) groups is 1. The van der Waals surface area contributed by atoms with Crippen LogP contribution < -0.4 is 10.6 Å². The van der Waals surface area contributed by atoms with Crippen LogP contribution >= 0.6 is 0 Å². The fourth-order valence-electron chi connectivity index (χ4n) is 1.98. The van der Waals surface area contributed by atoms with Crippen molar-refractivity contribution in [1.82, 2.24) is 15.6 Å². The van der Waals surface area contributed by atoms with Crippen LogP contribution in [0.1, 0.15) is 28.5 Å². The van der Waals surface area contributed by atoms with Crippen LogP contribution in [-0.4, -0.2) is 18.0 Å². The zero-order chi connectivity index (χ0) is 15.2. The average molecular weight is 286 g/mol. The van der Waals surface area contributed by atoms with Crippen LogP contribution in [-0.2, 0) is 13.1 Å². The Labute approximate surface area is 125 Å². The maximum atomic E-state index is 5.53. The van der Waals surface area contributed by atoms with Gasteiger partial charge in [0.25, 0.3) is 0 Å². The Morgan fingerprint density at radius 2 is 1.86 bits per heavy atom. The van der Waals surface area contributed by atoms with Gasteiger partial charge >= 0.3 is 0 Å². The van der Waals surface area contributed by atoms with Gasteiger partial charge in [-0.25, -0.2) is 4.98 Å². The van der Waals surface area contributed by atoms with Gasteiger partial charge in [-0.05, 0) is 31.9 Å². The van der Waals surface area contributed by atoms with Crippen LogP contribution in [0.3, 0.4) is 0 Å². The Morgan fingerprint density at radius 1 is 1.14 bits per heavy atom. The number of benzene rings is 1. The molecule has 0 saturated heterocycles. The fourth-order valence-corrected chi connectivity index (χ4v) is 1.98. The maximum absolute atomic E-state index is 5.53. The number of hydrogen-bond acceptors (Lipinski definition) is 3. The summed E-state index contributed by atoms with van der Waals surface area (Å²) >= 11 is 0. The van der Waals surface area contributed by atoms with E-state index >= 15 is 0 Å². The van der Waals surface area contributed by atoms with E-state index in [9.17, 15) is 0 Å². The van der Waals surface area contributed by atoms with Crippen LogP contribution in [0.25, 0.3) is 0 Å². The lowest BCUT2D eigenvalue weighted by Gasteiger charge is -2.12. The number of aromatic nitrogens is 1. The van der Waals surface area contributed by atoms with Gasteiger partial charge in [0.2, 0.25) is 5.89 Å². The van der Waals surface area contributed by atoms with Crippen LogP contribution in [0, 0.1) is 20.8 Å². The minimum atomic E-state index is 0.516. The molecular weight excluding hydrogens is 264 g/mol. The van der Waals surface area contributed by atoms with Gasteiger partial charge in [0.05, 0.1) is 12.2 Å². The van der Waals surface area contributed by atoms with Crippen molar-refractivity contribution in [2.45, 2.75) is 33.9 Å². The third-order valence-corrected chi connectivity index (χ3v) is 3.41. The maximum Gasteiger partial charge on any atom is 0.214 e. The monoisotopic (exact) mass is 286 g/mol. The SMILES string of the molecule is CN=C(NCc1nc(C)c(C)o1)NCc1ccccc1C. The van der Waals surface area contributed by atoms with E-state index in [1.807, 2.05) is 26.0 Å². The first kappa shape index (κ1) is 15.1. The molecule has 1 aromatic heterocycles. The number of nitrogens with zero attached hydrogens (tertiary/aromatic N) is 2. The van der Waals surface area contributed by atoms with E-state index in [0.29, 0.717) is 12.4 Å². The molecule has 1 heterocycles. The first-order valence-corrected chi connectivity index (χ1v) is 7.02. The Bertz CT molecular complexity index is 611. The van der Waals surface area contributed by atoms with Crippen molar-refractivity contribution < 1.29 is 4.42 Å². The van der Waals surface area contributed by atoms with Crippen molar-refractivity contribution in [3.05, 3.63) is 52.7 Å². The quantitative estimate of drug-likeness (QED) is 0.669. The number of guanidine groups is 1. The lowest BCUT2D eigenvalue weighted by atomic mass is 10.1. The van der Waals surface area contributed by atoms with Crippen LogP contribution in [0.2, 0.25) is 0 Å². The van der Waals surface area contributed by atoms with Gasteiger partial charge < -0.3 is 15.1 Å². The average Bonchev–Trinajstić information content (AvgIpc) is 2.79. The molecule has 0 spiro atoms. The summed E-state index contributed by atoms with van der Waals surface area (Å²) in [7, 11) is 1.75. The normalized spacial score (nSPS) is 11.5. The molecule has 0 bridgehead atoms. The highest BCUT2D eigenvalue weighted by atomic mass is 16.4. The van der Waals surface area contributed by atoms with Crippen LogP contribution in [0.4, 0.5) is 0 Å². The zero-order valence-electron chi connectivity index (χ0n) is 13.0. The number of hydrogen-bond donors (Lipinski definition) is 2. The molecule has 21 heavy (non-hydrogen) atoms. The first-order valence-electron chi connectivity index (χ1n) is 7.02. The number of rotatable bonds is 4. The summed E-state index contributed by atoms with van der Waals surface area (Å²) in [5, 5.41) is 6.49. The van der Waals surface area contributed by atoms with E-state index in [4.69, 9.17) is 4.42 Å². The Morgan fingerprint density at radius 3 is 2.48 bits per heavy atom. The van der Waals surface area contributed by atoms with Gasteiger partial charge in [0.15, 0.2) is 5.96 Å². The molecule has 2 aromatic rings. The summed E-state index contributed by atoms with van der Waals surface area (Å²) in [5.41, 5.74) is 3.44. The number of oxazole rings is 1. The molecule has 0 unspecified atom stereocenters. The molecule has 5 nitrogen and oxygen atoms in total. The summed E-state index contributed by atoms with van der Waals surface area (Å²) in [4.78, 5) is 8.54. The lowest BCUT2D eigenvalue weighted by molar-refractivity contribution is 0.463. The topological polar surface area (TPSA) is 62.5 Å². The molecule has 0 aliphatic rings. The number of nitrogens with one attached hydrogen (secondary N) is 2. The first-order chi connectivity index (χ1) is 10.1. The Balaban J connectivity index is 1.88. The highest BCUT2D eigenvalue weighted by molar-refractivity contribution is 5.79. The molecule has 1 aromatic carbocycles. The molecule has 0 amide bonds. The summed E-state index contributed by atoms with van der Waals surface area (Å²) in [5.74, 6) is 2.25. The smallest absolute Gasteiger partial charge is 0.214 e. The van der Waals surface area contributed by atoms with Crippen molar-refractivity contribution in [2.24, 2.45) is 4.99 Å². The molecule has 112 valence electrons. The molecule has 0 fully saturated rings. The predicted octanol–water partition coefficient (Wildman–Crippen LogP) is 2.47. The van der Waals surface area contributed by atoms with Gasteiger partial charge in [0, 0.05) is 13.6 Å². The van der Waals surface area contributed by atoms with Crippen molar-refractivity contribution in [1.29, 1.82) is 0 Å². The third kappa shape index (κ3) is 4.08. The summed E-state index contributed by atoms with van der Waals surface area (Å²) in [6, 6.07) is 8.29. The van der Waals surface area contributed by atoms with Gasteiger partial charge in [-0.2, -0.15) is 0 Å². The van der Waals surface area contributed by atoms with Crippen molar-refractivity contribution in [3.63, 3.8) is 0 Å². The van der Waals surface area contributed by atoms with Gasteiger partial charge in [0.1, 0.15) is 5.76 Å². The van der Waals surface area contributed by atoms with E-state index in [1.165, 1.54) is 11.1 Å². The second kappa shape index (κ2) is 6.92.